The molecule has 122 valence electrons. The maximum absolute atomic E-state index is 10.2. The second-order valence-electron chi connectivity index (χ2n) is 5.77. The van der Waals surface area contributed by atoms with Gasteiger partial charge >= 0.3 is 0 Å². The van der Waals surface area contributed by atoms with Gasteiger partial charge in [0, 0.05) is 25.2 Å². The first kappa shape index (κ1) is 17.3. The Labute approximate surface area is 139 Å². The third-order valence-electron chi connectivity index (χ3n) is 4.03. The van der Waals surface area contributed by atoms with E-state index in [1.165, 1.54) is 6.20 Å². The van der Waals surface area contributed by atoms with Crippen LogP contribution in [0, 0.1) is 6.92 Å². The van der Waals surface area contributed by atoms with Crippen LogP contribution in [0.1, 0.15) is 11.1 Å². The van der Waals surface area contributed by atoms with Gasteiger partial charge in [-0.25, -0.2) is 0 Å². The van der Waals surface area contributed by atoms with E-state index >= 15 is 0 Å². The Morgan fingerprint density at radius 3 is 2.78 bits per heavy atom. The molecule has 1 saturated heterocycles. The molecule has 1 aromatic rings. The fourth-order valence-corrected chi connectivity index (χ4v) is 2.67. The summed E-state index contributed by atoms with van der Waals surface area (Å²) in [7, 11) is 5.54. The molecule has 1 aromatic carbocycles. The molecule has 6 heteroatoms. The van der Waals surface area contributed by atoms with Crippen molar-refractivity contribution in [3.63, 3.8) is 0 Å². The zero-order chi connectivity index (χ0) is 16.8. The number of phenols is 1. The number of benzene rings is 1. The third-order valence-corrected chi connectivity index (χ3v) is 4.03. The number of hydrogen-bond donors (Lipinski definition) is 3. The van der Waals surface area contributed by atoms with E-state index in [2.05, 4.69) is 4.90 Å². The van der Waals surface area contributed by atoms with E-state index in [0.29, 0.717) is 12.7 Å². The first-order chi connectivity index (χ1) is 11.1. The van der Waals surface area contributed by atoms with Gasteiger partial charge in [-0.2, -0.15) is 0 Å². The summed E-state index contributed by atoms with van der Waals surface area (Å²) in [6, 6.07) is 3.79. The minimum absolute atomic E-state index is 0.120. The lowest BCUT2D eigenvalue weighted by molar-refractivity contribution is 0.0264. The van der Waals surface area contributed by atoms with Crippen LogP contribution < -0.4 is 16.2 Å². The minimum atomic E-state index is 0.120. The molecule has 5 nitrogen and oxygen atoms in total. The second kappa shape index (κ2) is 7.97. The maximum atomic E-state index is 10.2. The summed E-state index contributed by atoms with van der Waals surface area (Å²) in [5.41, 5.74) is 13.5. The molecule has 1 heterocycles. The summed E-state index contributed by atoms with van der Waals surface area (Å²) in [4.78, 5) is 2.22. The molecule has 0 bridgehead atoms. The summed E-state index contributed by atoms with van der Waals surface area (Å²) >= 11 is 0. The van der Waals surface area contributed by atoms with Crippen LogP contribution in [0.4, 0.5) is 0 Å². The van der Waals surface area contributed by atoms with Gasteiger partial charge in [0.2, 0.25) is 0 Å². The topological polar surface area (TPSA) is 84.7 Å². The van der Waals surface area contributed by atoms with Gasteiger partial charge in [0.15, 0.2) is 0 Å². The van der Waals surface area contributed by atoms with E-state index in [4.69, 9.17) is 24.1 Å². The Kier molecular flexibility index (Phi) is 5.99. The molecule has 23 heavy (non-hydrogen) atoms. The zero-order valence-corrected chi connectivity index (χ0v) is 13.5. The van der Waals surface area contributed by atoms with Crippen LogP contribution in [0.3, 0.4) is 0 Å². The molecule has 2 rings (SSSR count). The van der Waals surface area contributed by atoms with E-state index < -0.39 is 0 Å². The zero-order valence-electron chi connectivity index (χ0n) is 13.5. The Morgan fingerprint density at radius 2 is 2.17 bits per heavy atom. The van der Waals surface area contributed by atoms with Crippen molar-refractivity contribution in [3.05, 3.63) is 47.3 Å². The van der Waals surface area contributed by atoms with Crippen molar-refractivity contribution in [1.82, 2.24) is 4.90 Å². The molecule has 0 spiro atoms. The van der Waals surface area contributed by atoms with E-state index in [-0.39, 0.29) is 11.9 Å². The van der Waals surface area contributed by atoms with Crippen molar-refractivity contribution >= 4 is 7.85 Å². The fourth-order valence-electron chi connectivity index (χ4n) is 2.67. The van der Waals surface area contributed by atoms with Crippen molar-refractivity contribution in [2.75, 3.05) is 19.6 Å². The minimum Gasteiger partial charge on any atom is -0.507 e. The highest BCUT2D eigenvalue weighted by Gasteiger charge is 2.29. The number of aryl methyl sites for hydroxylation is 1. The number of phenolic OH excluding ortho intramolecular Hbond substituents is 1. The third kappa shape index (κ3) is 4.23. The highest BCUT2D eigenvalue weighted by atomic mass is 16.5. The van der Waals surface area contributed by atoms with Gasteiger partial charge in [-0.05, 0) is 49.0 Å². The first-order valence-corrected chi connectivity index (χ1v) is 7.78. The highest BCUT2D eigenvalue weighted by molar-refractivity contribution is 6.08. The molecule has 1 fully saturated rings. The molecule has 0 aliphatic carbocycles. The van der Waals surface area contributed by atoms with Crippen LogP contribution in [0.25, 0.3) is 0 Å². The Morgan fingerprint density at radius 1 is 1.43 bits per heavy atom. The number of ether oxygens (including phenoxy) is 1. The molecule has 1 aliphatic heterocycles. The molecule has 0 saturated carbocycles. The standard InChI is InChI=1S/C17H24BN3O2/c1-12-16(3-2-14(4-6-18)17(12)22)23-15-10-21(11-15)9-13(8-20)5-7-19/h2-3,5,7-8,15,22H,4,6,9-11,19-20H2,1H3/b7-5-,13-8+. The highest BCUT2D eigenvalue weighted by Crippen LogP contribution is 2.32. The van der Waals surface area contributed by atoms with Crippen molar-refractivity contribution in [3.8, 4) is 11.5 Å². The summed E-state index contributed by atoms with van der Waals surface area (Å²) < 4.78 is 5.97. The number of aromatic hydroxyl groups is 1. The SMILES string of the molecule is [B]CCc1ccc(OC2CN(CC(/C=C\N)=C/N)C2)c(C)c1O. The average molecular weight is 313 g/mol. The van der Waals surface area contributed by atoms with E-state index in [0.717, 1.165) is 42.1 Å². The van der Waals surface area contributed by atoms with Gasteiger partial charge in [0.1, 0.15) is 17.6 Å². The van der Waals surface area contributed by atoms with Gasteiger partial charge in [-0.15, -0.1) is 0 Å². The normalized spacial score (nSPS) is 16.7. The number of nitrogens with two attached hydrogens (primary N) is 2. The van der Waals surface area contributed by atoms with Crippen molar-refractivity contribution in [2.24, 2.45) is 11.5 Å². The maximum Gasteiger partial charge on any atom is 0.126 e. The van der Waals surface area contributed by atoms with Gasteiger partial charge in [-0.1, -0.05) is 12.4 Å². The molecule has 2 radical (unpaired) electrons. The summed E-state index contributed by atoms with van der Waals surface area (Å²) in [6.07, 6.45) is 6.14. The van der Waals surface area contributed by atoms with Gasteiger partial charge in [0.25, 0.3) is 0 Å². The molecule has 0 unspecified atom stereocenters. The Hall–Kier alpha value is -2.08. The van der Waals surface area contributed by atoms with E-state index in [1.54, 1.807) is 12.3 Å². The van der Waals surface area contributed by atoms with E-state index in [9.17, 15) is 5.11 Å². The van der Waals surface area contributed by atoms with Crippen LogP contribution in [0.15, 0.2) is 36.2 Å². The second-order valence-corrected chi connectivity index (χ2v) is 5.77. The Bertz CT molecular complexity index is 596. The van der Waals surface area contributed by atoms with Crippen LogP contribution >= 0.6 is 0 Å². The molecule has 1 aliphatic rings. The largest absolute Gasteiger partial charge is 0.507 e. The van der Waals surface area contributed by atoms with Crippen LogP contribution in [-0.4, -0.2) is 43.6 Å². The molecule has 0 atom stereocenters. The summed E-state index contributed by atoms with van der Waals surface area (Å²) in [5, 5.41) is 10.2. The van der Waals surface area contributed by atoms with E-state index in [1.807, 2.05) is 19.1 Å². The number of rotatable bonds is 7. The average Bonchev–Trinajstić information content (AvgIpc) is 2.51. The fraction of sp³-hybridized carbons (Fsp3) is 0.412. The van der Waals surface area contributed by atoms with Crippen molar-refractivity contribution in [1.29, 1.82) is 0 Å². The Balaban J connectivity index is 1.90. The van der Waals surface area contributed by atoms with Crippen LogP contribution in [0.2, 0.25) is 6.32 Å². The lowest BCUT2D eigenvalue weighted by Crippen LogP contribution is -2.54. The molecular formula is C17H24BN3O2. The van der Waals surface area contributed by atoms with Gasteiger partial charge in [-0.3, -0.25) is 4.90 Å². The first-order valence-electron chi connectivity index (χ1n) is 7.78. The molecule has 0 amide bonds. The molecule has 0 aromatic heterocycles. The lowest BCUT2D eigenvalue weighted by atomic mass is 9.95. The van der Waals surface area contributed by atoms with Crippen LogP contribution in [-0.2, 0) is 6.42 Å². The number of nitrogens with zero attached hydrogens (tertiary/aromatic N) is 1. The van der Waals surface area contributed by atoms with Crippen molar-refractivity contribution < 1.29 is 9.84 Å². The predicted octanol–water partition coefficient (Wildman–Crippen LogP) is 1.21. The quantitative estimate of drug-likeness (QED) is 0.520. The molecular weight excluding hydrogens is 289 g/mol. The monoisotopic (exact) mass is 313 g/mol. The van der Waals surface area contributed by atoms with Gasteiger partial charge in [0.05, 0.1) is 7.85 Å². The number of likely N-dealkylation sites (tertiary alicyclic amines) is 1. The summed E-state index contributed by atoms with van der Waals surface area (Å²) in [5.74, 6) is 1.01. The smallest absolute Gasteiger partial charge is 0.126 e. The summed E-state index contributed by atoms with van der Waals surface area (Å²) in [6.45, 7) is 4.26. The van der Waals surface area contributed by atoms with Crippen LogP contribution in [0.5, 0.6) is 11.5 Å². The van der Waals surface area contributed by atoms with Crippen molar-refractivity contribution in [2.45, 2.75) is 25.8 Å². The lowest BCUT2D eigenvalue weighted by Gasteiger charge is -2.39. The predicted molar refractivity (Wildman–Crippen MR) is 93.6 cm³/mol. The number of hydrogen-bond acceptors (Lipinski definition) is 5. The van der Waals surface area contributed by atoms with Gasteiger partial charge < -0.3 is 21.3 Å². The molecule has 5 N–H and O–H groups in total.